The van der Waals surface area contributed by atoms with Gasteiger partial charge in [0.1, 0.15) is 19.0 Å². The predicted octanol–water partition coefficient (Wildman–Crippen LogP) is 3.74. The van der Waals surface area contributed by atoms with Crippen LogP contribution >= 0.6 is 0 Å². The molecule has 0 heterocycles. The molecule has 0 atom stereocenters. The number of ether oxygens (including phenoxy) is 1. The van der Waals surface area contributed by atoms with Gasteiger partial charge in [-0.1, -0.05) is 36.1 Å². The first-order valence-electron chi connectivity index (χ1n) is 8.48. The highest BCUT2D eigenvalue weighted by atomic mass is 16.7. The molecule has 0 saturated carbocycles. The van der Waals surface area contributed by atoms with Crippen molar-refractivity contribution in [3.8, 4) is 17.6 Å². The van der Waals surface area contributed by atoms with Crippen molar-refractivity contribution in [1.82, 2.24) is 5.06 Å². The smallest absolute Gasteiger partial charge is 0.372 e. The van der Waals surface area contributed by atoms with Crippen LogP contribution in [0, 0.1) is 25.7 Å². The zero-order valence-corrected chi connectivity index (χ0v) is 16.1. The van der Waals surface area contributed by atoms with Crippen LogP contribution in [0.4, 0.5) is 10.5 Å². The lowest BCUT2D eigenvalue weighted by molar-refractivity contribution is -0.0705. The SMILES string of the molecule is CON(C)C(=O)N(OCC#CCOc1ccc(C)c(C)c1)c1ccccc1. The van der Waals surface area contributed by atoms with E-state index in [4.69, 9.17) is 14.4 Å². The first kappa shape index (κ1) is 20.3. The second kappa shape index (κ2) is 10.2. The summed E-state index contributed by atoms with van der Waals surface area (Å²) in [7, 11) is 2.91. The number of carbonyl (C=O) groups is 1. The monoisotopic (exact) mass is 368 g/mol. The average Bonchev–Trinajstić information content (AvgIpc) is 2.69. The van der Waals surface area contributed by atoms with Gasteiger partial charge in [0, 0.05) is 7.05 Å². The first-order valence-corrected chi connectivity index (χ1v) is 8.48. The van der Waals surface area contributed by atoms with E-state index >= 15 is 0 Å². The standard InChI is InChI=1S/C21H24N2O4/c1-17-12-13-20(16-18(17)2)26-14-8-9-15-27-23(21(24)22(3)25-4)19-10-6-5-7-11-19/h5-7,10-13,16H,14-15H2,1-4H3. The predicted molar refractivity (Wildman–Crippen MR) is 104 cm³/mol. The van der Waals surface area contributed by atoms with Crippen LogP contribution in [0.3, 0.4) is 0 Å². The van der Waals surface area contributed by atoms with Crippen LogP contribution in [-0.2, 0) is 9.68 Å². The maximum atomic E-state index is 12.4. The fourth-order valence-corrected chi connectivity index (χ4v) is 2.13. The molecule has 0 radical (unpaired) electrons. The van der Waals surface area contributed by atoms with E-state index < -0.39 is 6.03 Å². The van der Waals surface area contributed by atoms with E-state index in [1.165, 1.54) is 25.3 Å². The Labute approximate surface area is 160 Å². The van der Waals surface area contributed by atoms with Crippen molar-refractivity contribution < 1.29 is 19.2 Å². The summed E-state index contributed by atoms with van der Waals surface area (Å²) in [6.07, 6.45) is 0. The Morgan fingerprint density at radius 1 is 1.00 bits per heavy atom. The van der Waals surface area contributed by atoms with Gasteiger partial charge in [0.05, 0.1) is 12.8 Å². The van der Waals surface area contributed by atoms with Gasteiger partial charge in [-0.15, -0.1) is 0 Å². The highest BCUT2D eigenvalue weighted by Gasteiger charge is 2.20. The van der Waals surface area contributed by atoms with Gasteiger partial charge < -0.3 is 4.74 Å². The molecular weight excluding hydrogens is 344 g/mol. The van der Waals surface area contributed by atoms with E-state index in [1.54, 1.807) is 12.1 Å². The topological polar surface area (TPSA) is 51.2 Å². The van der Waals surface area contributed by atoms with Crippen molar-refractivity contribution >= 4 is 11.7 Å². The summed E-state index contributed by atoms with van der Waals surface area (Å²) in [6, 6.07) is 14.4. The minimum atomic E-state index is -0.461. The summed E-state index contributed by atoms with van der Waals surface area (Å²) < 4.78 is 5.60. The van der Waals surface area contributed by atoms with Crippen LogP contribution < -0.4 is 9.80 Å². The Bertz CT molecular complexity index is 812. The summed E-state index contributed by atoms with van der Waals surface area (Å²) in [5.74, 6) is 6.49. The third-order valence-electron chi connectivity index (χ3n) is 3.89. The van der Waals surface area contributed by atoms with Gasteiger partial charge in [-0.25, -0.2) is 9.86 Å². The molecule has 0 spiro atoms. The average molecular weight is 368 g/mol. The molecule has 2 aromatic carbocycles. The molecule has 0 aliphatic rings. The fraction of sp³-hybridized carbons (Fsp3) is 0.286. The number of amides is 2. The number of hydrogen-bond acceptors (Lipinski definition) is 4. The Morgan fingerprint density at radius 2 is 1.70 bits per heavy atom. The third-order valence-corrected chi connectivity index (χ3v) is 3.89. The van der Waals surface area contributed by atoms with Gasteiger partial charge in [0.15, 0.2) is 0 Å². The zero-order valence-electron chi connectivity index (χ0n) is 16.1. The molecule has 0 saturated heterocycles. The van der Waals surface area contributed by atoms with Crippen molar-refractivity contribution in [2.75, 3.05) is 32.4 Å². The van der Waals surface area contributed by atoms with Crippen LogP contribution in [0.15, 0.2) is 48.5 Å². The van der Waals surface area contributed by atoms with Crippen molar-refractivity contribution in [2.24, 2.45) is 0 Å². The van der Waals surface area contributed by atoms with E-state index in [0.717, 1.165) is 15.9 Å². The lowest BCUT2D eigenvalue weighted by atomic mass is 10.1. The van der Waals surface area contributed by atoms with E-state index in [2.05, 4.69) is 18.8 Å². The number of benzene rings is 2. The zero-order chi connectivity index (χ0) is 19.6. The van der Waals surface area contributed by atoms with E-state index in [0.29, 0.717) is 5.69 Å². The summed E-state index contributed by atoms with van der Waals surface area (Å²) >= 11 is 0. The molecule has 0 N–H and O–H groups in total. The Hall–Kier alpha value is -3.01. The Balaban J connectivity index is 1.91. The maximum absolute atomic E-state index is 12.4. The lowest BCUT2D eigenvalue weighted by Crippen LogP contribution is -2.40. The van der Waals surface area contributed by atoms with Crippen LogP contribution in [0.25, 0.3) is 0 Å². The molecular formula is C21H24N2O4. The molecule has 6 nitrogen and oxygen atoms in total. The van der Waals surface area contributed by atoms with Crippen molar-refractivity contribution in [1.29, 1.82) is 0 Å². The van der Waals surface area contributed by atoms with Crippen molar-refractivity contribution in [3.63, 3.8) is 0 Å². The van der Waals surface area contributed by atoms with Crippen LogP contribution in [0.1, 0.15) is 11.1 Å². The number of hydroxylamine groups is 3. The summed E-state index contributed by atoms with van der Waals surface area (Å²) in [5.41, 5.74) is 2.97. The minimum Gasteiger partial charge on any atom is -0.481 e. The minimum absolute atomic E-state index is 0.0362. The van der Waals surface area contributed by atoms with Gasteiger partial charge in [-0.3, -0.25) is 9.68 Å². The number of anilines is 1. The van der Waals surface area contributed by atoms with Crippen molar-refractivity contribution in [2.45, 2.75) is 13.8 Å². The van der Waals surface area contributed by atoms with Crippen LogP contribution in [0.5, 0.6) is 5.75 Å². The van der Waals surface area contributed by atoms with E-state index in [9.17, 15) is 4.79 Å². The quantitative estimate of drug-likeness (QED) is 0.576. The summed E-state index contributed by atoms with van der Waals surface area (Å²) in [6.45, 7) is 4.36. The van der Waals surface area contributed by atoms with E-state index in [1.807, 2.05) is 43.3 Å². The highest BCUT2D eigenvalue weighted by molar-refractivity contribution is 5.89. The highest BCUT2D eigenvalue weighted by Crippen LogP contribution is 2.16. The molecule has 0 unspecified atom stereocenters. The largest absolute Gasteiger partial charge is 0.481 e. The molecule has 27 heavy (non-hydrogen) atoms. The molecule has 2 aromatic rings. The van der Waals surface area contributed by atoms with Gasteiger partial charge in [0.25, 0.3) is 0 Å². The molecule has 142 valence electrons. The molecule has 0 aliphatic carbocycles. The second-order valence-corrected chi connectivity index (χ2v) is 5.75. The Morgan fingerprint density at radius 3 is 2.37 bits per heavy atom. The fourth-order valence-electron chi connectivity index (χ4n) is 2.13. The van der Waals surface area contributed by atoms with E-state index in [-0.39, 0.29) is 13.2 Å². The van der Waals surface area contributed by atoms with Gasteiger partial charge >= 0.3 is 6.03 Å². The molecule has 6 heteroatoms. The molecule has 0 aromatic heterocycles. The molecule has 2 rings (SSSR count). The summed E-state index contributed by atoms with van der Waals surface area (Å²) in [4.78, 5) is 22.8. The molecule has 2 amide bonds. The molecule has 0 aliphatic heterocycles. The number of hydrogen-bond donors (Lipinski definition) is 0. The number of aryl methyl sites for hydroxylation is 2. The summed E-state index contributed by atoms with van der Waals surface area (Å²) in [5, 5.41) is 2.21. The lowest BCUT2D eigenvalue weighted by Gasteiger charge is -2.24. The second-order valence-electron chi connectivity index (χ2n) is 5.75. The maximum Gasteiger partial charge on any atom is 0.372 e. The number of urea groups is 1. The molecule has 0 bridgehead atoms. The number of carbonyl (C=O) groups excluding carboxylic acids is 1. The normalized spacial score (nSPS) is 9.93. The van der Waals surface area contributed by atoms with Crippen LogP contribution in [-0.4, -0.2) is 38.5 Å². The van der Waals surface area contributed by atoms with Gasteiger partial charge in [-0.2, -0.15) is 5.06 Å². The Kier molecular flexibility index (Phi) is 7.68. The van der Waals surface area contributed by atoms with Crippen molar-refractivity contribution in [3.05, 3.63) is 59.7 Å². The number of nitrogens with zero attached hydrogens (tertiary/aromatic N) is 2. The number of para-hydroxylation sites is 1. The first-order chi connectivity index (χ1) is 13.0. The van der Waals surface area contributed by atoms with Gasteiger partial charge in [0.2, 0.25) is 0 Å². The molecule has 0 fully saturated rings. The number of rotatable bonds is 6. The third kappa shape index (κ3) is 6.03. The van der Waals surface area contributed by atoms with Gasteiger partial charge in [-0.05, 0) is 49.2 Å². The van der Waals surface area contributed by atoms with Crippen LogP contribution in [0.2, 0.25) is 0 Å².